The van der Waals surface area contributed by atoms with Crippen molar-refractivity contribution < 1.29 is 4.74 Å². The second-order valence-electron chi connectivity index (χ2n) is 10.1. The number of fused-ring (bicyclic) bond motifs is 4. The van der Waals surface area contributed by atoms with Crippen LogP contribution < -0.4 is 15.0 Å². The Bertz CT molecular complexity index is 1860. The van der Waals surface area contributed by atoms with E-state index < -0.39 is 0 Å². The molecule has 8 heteroatoms. The molecule has 0 radical (unpaired) electrons. The Kier molecular flexibility index (Phi) is 6.09. The van der Waals surface area contributed by atoms with Crippen molar-refractivity contribution in [1.82, 2.24) is 9.78 Å². The van der Waals surface area contributed by atoms with Crippen molar-refractivity contribution in [3.8, 4) is 11.4 Å². The molecule has 0 amide bonds. The van der Waals surface area contributed by atoms with Crippen LogP contribution in [0, 0.1) is 13.8 Å². The molecule has 202 valence electrons. The molecule has 3 heterocycles. The number of aryl methyl sites for hydroxylation is 2. The van der Waals surface area contributed by atoms with Gasteiger partial charge in [0.2, 0.25) is 0 Å². The Morgan fingerprint density at radius 3 is 2.46 bits per heavy atom. The molecule has 0 saturated heterocycles. The fourth-order valence-corrected chi connectivity index (χ4v) is 5.66. The van der Waals surface area contributed by atoms with Crippen LogP contribution in [0.1, 0.15) is 28.4 Å². The van der Waals surface area contributed by atoms with Gasteiger partial charge < -0.3 is 15.0 Å². The van der Waals surface area contributed by atoms with Gasteiger partial charge in [-0.3, -0.25) is 0 Å². The summed E-state index contributed by atoms with van der Waals surface area (Å²) in [7, 11) is 1.69. The van der Waals surface area contributed by atoms with Crippen molar-refractivity contribution in [2.45, 2.75) is 19.9 Å². The minimum Gasteiger partial charge on any atom is -0.497 e. The zero-order valence-electron chi connectivity index (χ0n) is 22.8. The predicted octanol–water partition coefficient (Wildman–Crippen LogP) is 7.95. The van der Waals surface area contributed by atoms with Crippen LogP contribution in [0.4, 0.5) is 22.9 Å². The largest absolute Gasteiger partial charge is 0.497 e. The van der Waals surface area contributed by atoms with E-state index in [2.05, 4.69) is 28.4 Å². The predicted molar refractivity (Wildman–Crippen MR) is 166 cm³/mol. The van der Waals surface area contributed by atoms with Crippen LogP contribution in [0.5, 0.6) is 5.75 Å². The Balaban J connectivity index is 1.49. The lowest BCUT2D eigenvalue weighted by Crippen LogP contribution is -2.46. The van der Waals surface area contributed by atoms with E-state index in [-0.39, 0.29) is 6.04 Å². The molecule has 0 unspecified atom stereocenters. The normalized spacial score (nSPS) is 15.3. The van der Waals surface area contributed by atoms with E-state index in [1.54, 1.807) is 7.11 Å². The number of nitrogens with zero attached hydrogens (tertiary/aromatic N) is 5. The van der Waals surface area contributed by atoms with Crippen molar-refractivity contribution in [2.24, 2.45) is 9.98 Å². The Morgan fingerprint density at radius 2 is 1.66 bits per heavy atom. The van der Waals surface area contributed by atoms with E-state index in [1.807, 2.05) is 97.4 Å². The average molecular weight is 559 g/mol. The highest BCUT2D eigenvalue weighted by Crippen LogP contribution is 2.48. The van der Waals surface area contributed by atoms with Gasteiger partial charge in [0.15, 0.2) is 17.5 Å². The van der Waals surface area contributed by atoms with Crippen LogP contribution >= 0.6 is 11.6 Å². The van der Waals surface area contributed by atoms with Gasteiger partial charge in [0, 0.05) is 16.3 Å². The molecule has 1 N–H and O–H groups in total. The maximum absolute atomic E-state index is 6.50. The summed E-state index contributed by atoms with van der Waals surface area (Å²) in [6, 6.07) is 32.1. The lowest BCUT2D eigenvalue weighted by Gasteiger charge is -2.40. The Hall–Kier alpha value is -4.88. The van der Waals surface area contributed by atoms with Crippen LogP contribution in [0.15, 0.2) is 107 Å². The third-order valence-electron chi connectivity index (χ3n) is 7.48. The third kappa shape index (κ3) is 4.26. The SMILES string of the molecule is COc1cccc([C@@H]2c3c(C)nn(-c4ccccc4)c3N=C3C(Nc4ccc(C)c(Cl)c4)=Nc4ccccc4N32)c1. The number of anilines is 2. The number of rotatable bonds is 4. The quantitative estimate of drug-likeness (QED) is 0.243. The van der Waals surface area contributed by atoms with E-state index in [4.69, 9.17) is 31.4 Å². The number of aliphatic imine (C=N–C) groups is 2. The first kappa shape index (κ1) is 25.1. The summed E-state index contributed by atoms with van der Waals surface area (Å²) in [6.45, 7) is 4.03. The Morgan fingerprint density at radius 1 is 0.854 bits per heavy atom. The zero-order chi connectivity index (χ0) is 28.1. The maximum Gasteiger partial charge on any atom is 0.179 e. The molecule has 1 atom stereocenters. The number of amidine groups is 2. The molecular formula is C33H27ClN6O. The number of para-hydroxylation sites is 3. The average Bonchev–Trinajstić information content (AvgIpc) is 3.34. The molecule has 4 aromatic carbocycles. The van der Waals surface area contributed by atoms with E-state index in [1.165, 1.54) is 0 Å². The summed E-state index contributed by atoms with van der Waals surface area (Å²) in [5.41, 5.74) is 7.57. The molecule has 0 fully saturated rings. The van der Waals surface area contributed by atoms with Gasteiger partial charge in [-0.05, 0) is 73.5 Å². The second kappa shape index (κ2) is 9.94. The lowest BCUT2D eigenvalue weighted by molar-refractivity contribution is 0.414. The van der Waals surface area contributed by atoms with Gasteiger partial charge in [-0.1, -0.05) is 60.1 Å². The number of methoxy groups -OCH3 is 1. The summed E-state index contributed by atoms with van der Waals surface area (Å²) in [5.74, 6) is 2.87. The summed E-state index contributed by atoms with van der Waals surface area (Å²) >= 11 is 6.50. The van der Waals surface area contributed by atoms with Crippen LogP contribution in [0.3, 0.4) is 0 Å². The number of aromatic nitrogens is 2. The Labute approximate surface area is 243 Å². The van der Waals surface area contributed by atoms with Crippen LogP contribution in [-0.4, -0.2) is 28.6 Å². The van der Waals surface area contributed by atoms with Crippen molar-refractivity contribution >= 4 is 46.2 Å². The van der Waals surface area contributed by atoms with Gasteiger partial charge in [-0.15, -0.1) is 0 Å². The van der Waals surface area contributed by atoms with Crippen LogP contribution in [0.25, 0.3) is 5.69 Å². The number of ether oxygens (including phenoxy) is 1. The molecule has 2 aliphatic rings. The number of hydrogen-bond donors (Lipinski definition) is 1. The second-order valence-corrected chi connectivity index (χ2v) is 10.5. The summed E-state index contributed by atoms with van der Waals surface area (Å²) < 4.78 is 7.57. The molecule has 0 saturated carbocycles. The molecule has 5 aromatic rings. The first-order chi connectivity index (χ1) is 20.0. The number of halogens is 1. The summed E-state index contributed by atoms with van der Waals surface area (Å²) in [6.07, 6.45) is 0. The summed E-state index contributed by atoms with van der Waals surface area (Å²) in [4.78, 5) is 12.6. The van der Waals surface area contributed by atoms with Gasteiger partial charge in [0.1, 0.15) is 5.75 Å². The highest BCUT2D eigenvalue weighted by atomic mass is 35.5. The number of hydrogen-bond acceptors (Lipinski definition) is 6. The topological polar surface area (TPSA) is 67.0 Å². The van der Waals surface area contributed by atoms with Gasteiger partial charge >= 0.3 is 0 Å². The lowest BCUT2D eigenvalue weighted by atomic mass is 9.93. The highest BCUT2D eigenvalue weighted by molar-refractivity contribution is 6.51. The van der Waals surface area contributed by atoms with Crippen molar-refractivity contribution in [3.63, 3.8) is 0 Å². The fourth-order valence-electron chi connectivity index (χ4n) is 5.48. The maximum atomic E-state index is 6.50. The monoisotopic (exact) mass is 558 g/mol. The molecule has 7 rings (SSSR count). The van der Waals surface area contributed by atoms with Gasteiger partial charge in [-0.2, -0.15) is 5.10 Å². The molecule has 0 spiro atoms. The first-order valence-electron chi connectivity index (χ1n) is 13.4. The summed E-state index contributed by atoms with van der Waals surface area (Å²) in [5, 5.41) is 9.20. The number of benzene rings is 4. The minimum atomic E-state index is -0.236. The standard InChI is InChI=1S/C33H27ClN6O/c1-20-16-17-23(19-26(20)34)35-31-33-37-32-29(21(2)38-40(32)24-11-5-4-6-12-24)30(22-10-9-13-25(18-22)41-3)39(33)28-15-8-7-14-27(28)36-31/h4-19,30H,1-3H3,(H,35,36)/t30-/m1/s1. The zero-order valence-corrected chi connectivity index (χ0v) is 23.6. The van der Waals surface area contributed by atoms with E-state index in [0.717, 1.165) is 56.7 Å². The van der Waals surface area contributed by atoms with Crippen LogP contribution in [0.2, 0.25) is 5.02 Å². The van der Waals surface area contributed by atoms with Gasteiger partial charge in [0.25, 0.3) is 0 Å². The van der Waals surface area contributed by atoms with Gasteiger partial charge in [-0.25, -0.2) is 14.7 Å². The van der Waals surface area contributed by atoms with Crippen molar-refractivity contribution in [3.05, 3.63) is 124 Å². The van der Waals surface area contributed by atoms with E-state index in [0.29, 0.717) is 16.7 Å². The molecular weight excluding hydrogens is 532 g/mol. The molecule has 41 heavy (non-hydrogen) atoms. The third-order valence-corrected chi connectivity index (χ3v) is 7.89. The smallest absolute Gasteiger partial charge is 0.179 e. The fraction of sp³-hybridized carbons (Fsp3) is 0.121. The number of nitrogens with one attached hydrogen (secondary N) is 1. The molecule has 0 bridgehead atoms. The van der Waals surface area contributed by atoms with Crippen molar-refractivity contribution in [2.75, 3.05) is 17.3 Å². The van der Waals surface area contributed by atoms with Crippen molar-refractivity contribution in [1.29, 1.82) is 0 Å². The van der Waals surface area contributed by atoms with E-state index >= 15 is 0 Å². The van der Waals surface area contributed by atoms with Crippen LogP contribution in [-0.2, 0) is 0 Å². The first-order valence-corrected chi connectivity index (χ1v) is 13.8. The molecule has 1 aromatic heterocycles. The highest BCUT2D eigenvalue weighted by Gasteiger charge is 2.41. The molecule has 7 nitrogen and oxygen atoms in total. The van der Waals surface area contributed by atoms with E-state index in [9.17, 15) is 0 Å². The molecule has 2 aliphatic heterocycles. The molecule has 0 aliphatic carbocycles. The minimum absolute atomic E-state index is 0.236. The van der Waals surface area contributed by atoms with Gasteiger partial charge in [0.05, 0.1) is 35.9 Å².